The van der Waals surface area contributed by atoms with Crippen molar-refractivity contribution in [2.75, 3.05) is 13.2 Å². The summed E-state index contributed by atoms with van der Waals surface area (Å²) in [6.45, 7) is 9.22. The molecule has 0 saturated carbocycles. The van der Waals surface area contributed by atoms with Gasteiger partial charge in [0.15, 0.2) is 0 Å². The Hall–Kier alpha value is -1.65. The average Bonchev–Trinajstić information content (AvgIpc) is 2.62. The number of hydrogen-bond donors (Lipinski definition) is 0. The molecule has 0 aromatic heterocycles. The number of unbranched alkanes of at least 4 members (excludes halogenated alkanes) is 4. The third kappa shape index (κ3) is 11.8. The van der Waals surface area contributed by atoms with Crippen LogP contribution in [0, 0.1) is 11.8 Å². The first-order valence-electron chi connectivity index (χ1n) is 9.92. The van der Waals surface area contributed by atoms with Gasteiger partial charge in [-0.05, 0) is 26.2 Å². The van der Waals surface area contributed by atoms with Crippen LogP contribution in [0.3, 0.4) is 0 Å². The second kappa shape index (κ2) is 15.6. The Labute approximate surface area is 158 Å². The zero-order valence-corrected chi connectivity index (χ0v) is 16.8. The highest BCUT2D eigenvalue weighted by atomic mass is 16.6. The molecule has 0 saturated heterocycles. The molecule has 0 aliphatic heterocycles. The quantitative estimate of drug-likeness (QED) is 0.226. The fraction of sp³-hybridized carbons (Fsp3) is 0.762. The molecule has 0 aromatic rings. The van der Waals surface area contributed by atoms with Gasteiger partial charge in [-0.15, -0.1) is 0 Å². The Morgan fingerprint density at radius 3 is 1.92 bits per heavy atom. The molecule has 0 aromatic carbocycles. The predicted molar refractivity (Wildman–Crippen MR) is 103 cm³/mol. The number of rotatable bonds is 16. The van der Waals surface area contributed by atoms with Crippen molar-refractivity contribution in [2.45, 2.75) is 78.6 Å². The molecule has 5 nitrogen and oxygen atoms in total. The smallest absolute Gasteiger partial charge is 0.330 e. The van der Waals surface area contributed by atoms with Crippen molar-refractivity contribution < 1.29 is 23.9 Å². The van der Waals surface area contributed by atoms with E-state index in [0.717, 1.165) is 57.4 Å². The molecule has 0 radical (unpaired) electrons. The Morgan fingerprint density at radius 1 is 0.885 bits per heavy atom. The van der Waals surface area contributed by atoms with Crippen LogP contribution in [0.25, 0.3) is 0 Å². The number of Topliss-reactive ketones (excluding diaryl/α,β-unsaturated/α-hetero) is 1. The van der Waals surface area contributed by atoms with Crippen molar-refractivity contribution in [1.29, 1.82) is 0 Å². The van der Waals surface area contributed by atoms with Crippen LogP contribution < -0.4 is 0 Å². The normalized spacial score (nSPS) is 12.9. The van der Waals surface area contributed by atoms with Crippen molar-refractivity contribution in [2.24, 2.45) is 11.8 Å². The fourth-order valence-corrected chi connectivity index (χ4v) is 2.91. The lowest BCUT2D eigenvalue weighted by Gasteiger charge is -2.21. The van der Waals surface area contributed by atoms with Gasteiger partial charge in [-0.1, -0.05) is 59.0 Å². The molecule has 0 N–H and O–H groups in total. The summed E-state index contributed by atoms with van der Waals surface area (Å²) in [7, 11) is 0. The maximum absolute atomic E-state index is 12.4. The number of carbonyl (C=O) groups is 3. The minimum Gasteiger partial charge on any atom is -0.462 e. The van der Waals surface area contributed by atoms with Gasteiger partial charge in [0.2, 0.25) is 0 Å². The first-order chi connectivity index (χ1) is 12.5. The summed E-state index contributed by atoms with van der Waals surface area (Å²) in [5, 5.41) is 0. The van der Waals surface area contributed by atoms with Crippen molar-refractivity contribution in [1.82, 2.24) is 0 Å². The van der Waals surface area contributed by atoms with Gasteiger partial charge < -0.3 is 9.47 Å². The Kier molecular flexibility index (Phi) is 14.6. The van der Waals surface area contributed by atoms with Crippen LogP contribution in [0.4, 0.5) is 0 Å². The van der Waals surface area contributed by atoms with E-state index in [-0.39, 0.29) is 36.8 Å². The van der Waals surface area contributed by atoms with E-state index >= 15 is 0 Å². The number of esters is 2. The first kappa shape index (κ1) is 24.4. The third-order valence-corrected chi connectivity index (χ3v) is 4.53. The molecule has 0 fully saturated rings. The van der Waals surface area contributed by atoms with Gasteiger partial charge in [0, 0.05) is 12.0 Å². The van der Waals surface area contributed by atoms with Crippen LogP contribution in [0.15, 0.2) is 12.7 Å². The van der Waals surface area contributed by atoms with E-state index in [4.69, 9.17) is 9.47 Å². The number of ether oxygens (including phenoxy) is 2. The molecular weight excluding hydrogens is 332 g/mol. The van der Waals surface area contributed by atoms with Crippen LogP contribution >= 0.6 is 0 Å². The molecule has 0 aliphatic rings. The van der Waals surface area contributed by atoms with Crippen molar-refractivity contribution in [3.05, 3.63) is 12.7 Å². The lowest BCUT2D eigenvalue weighted by molar-refractivity contribution is -0.154. The third-order valence-electron chi connectivity index (χ3n) is 4.53. The maximum atomic E-state index is 12.4. The van der Waals surface area contributed by atoms with Crippen LogP contribution in [-0.2, 0) is 23.9 Å². The van der Waals surface area contributed by atoms with Gasteiger partial charge in [0.1, 0.15) is 19.0 Å². The molecule has 5 heteroatoms. The minimum absolute atomic E-state index is 0.0188. The highest BCUT2D eigenvalue weighted by molar-refractivity contribution is 5.81. The summed E-state index contributed by atoms with van der Waals surface area (Å²) < 4.78 is 10.1. The average molecular weight is 369 g/mol. The topological polar surface area (TPSA) is 69.7 Å². The summed E-state index contributed by atoms with van der Waals surface area (Å²) in [5.41, 5.74) is 0. The minimum atomic E-state index is -0.534. The van der Waals surface area contributed by atoms with E-state index in [1.807, 2.05) is 0 Å². The van der Waals surface area contributed by atoms with E-state index in [9.17, 15) is 14.4 Å². The largest absolute Gasteiger partial charge is 0.462 e. The monoisotopic (exact) mass is 368 g/mol. The van der Waals surface area contributed by atoms with Gasteiger partial charge >= 0.3 is 11.9 Å². The molecule has 0 bridgehead atoms. The summed E-state index contributed by atoms with van der Waals surface area (Å²) in [5.74, 6) is -1.04. The molecule has 150 valence electrons. The fourth-order valence-electron chi connectivity index (χ4n) is 2.91. The number of ketones is 1. The Morgan fingerprint density at radius 2 is 1.42 bits per heavy atom. The van der Waals surface area contributed by atoms with Crippen LogP contribution in [0.1, 0.15) is 78.6 Å². The van der Waals surface area contributed by atoms with Crippen molar-refractivity contribution in [3.63, 3.8) is 0 Å². The number of hydrogen-bond acceptors (Lipinski definition) is 5. The van der Waals surface area contributed by atoms with E-state index in [1.165, 1.54) is 0 Å². The molecule has 0 spiro atoms. The zero-order chi connectivity index (χ0) is 19.8. The van der Waals surface area contributed by atoms with Crippen LogP contribution in [0.2, 0.25) is 0 Å². The van der Waals surface area contributed by atoms with E-state index < -0.39 is 5.97 Å². The molecule has 0 aliphatic carbocycles. The molecule has 0 amide bonds. The predicted octanol–water partition coefficient (Wildman–Crippen LogP) is 4.63. The van der Waals surface area contributed by atoms with Crippen LogP contribution in [0.5, 0.6) is 0 Å². The molecule has 2 unspecified atom stereocenters. The Bertz CT molecular complexity index is 430. The highest BCUT2D eigenvalue weighted by Crippen LogP contribution is 2.25. The zero-order valence-electron chi connectivity index (χ0n) is 16.8. The van der Waals surface area contributed by atoms with Crippen molar-refractivity contribution >= 4 is 17.7 Å². The van der Waals surface area contributed by atoms with E-state index in [2.05, 4.69) is 20.4 Å². The second-order valence-electron chi connectivity index (χ2n) is 6.77. The van der Waals surface area contributed by atoms with Gasteiger partial charge in [0.25, 0.3) is 0 Å². The van der Waals surface area contributed by atoms with Gasteiger partial charge in [0.05, 0.1) is 5.92 Å². The molecule has 0 rings (SSSR count). The van der Waals surface area contributed by atoms with Gasteiger partial charge in [-0.25, -0.2) is 4.79 Å². The summed E-state index contributed by atoms with van der Waals surface area (Å²) in [6, 6.07) is 0. The molecule has 26 heavy (non-hydrogen) atoms. The van der Waals surface area contributed by atoms with Gasteiger partial charge in [-0.3, -0.25) is 9.59 Å². The highest BCUT2D eigenvalue weighted by Gasteiger charge is 2.26. The molecule has 2 atom stereocenters. The molecular formula is C21H36O5. The lowest BCUT2D eigenvalue weighted by atomic mass is 9.85. The summed E-state index contributed by atoms with van der Waals surface area (Å²) in [4.78, 5) is 35.4. The SMILES string of the molecule is C=CC(=O)OCCOC(=O)C(CCCCC)CC(CCCCC)C(C)=O. The van der Waals surface area contributed by atoms with Crippen LogP contribution in [-0.4, -0.2) is 30.9 Å². The number of carbonyl (C=O) groups excluding carboxylic acids is 3. The lowest BCUT2D eigenvalue weighted by Crippen LogP contribution is -2.25. The van der Waals surface area contributed by atoms with Gasteiger partial charge in [-0.2, -0.15) is 0 Å². The van der Waals surface area contributed by atoms with Crippen molar-refractivity contribution in [3.8, 4) is 0 Å². The first-order valence-corrected chi connectivity index (χ1v) is 9.92. The van der Waals surface area contributed by atoms with E-state index in [1.54, 1.807) is 6.92 Å². The van der Waals surface area contributed by atoms with E-state index in [0.29, 0.717) is 6.42 Å². The molecule has 0 heterocycles. The standard InChI is InChI=1S/C21H36O5/c1-5-8-10-12-18(17(4)22)16-19(13-11-9-6-2)21(24)26-15-14-25-20(23)7-3/h7,18-19H,3,5-6,8-16H2,1-2,4H3. The summed E-state index contributed by atoms with van der Waals surface area (Å²) >= 11 is 0. The second-order valence-corrected chi connectivity index (χ2v) is 6.77. The maximum Gasteiger partial charge on any atom is 0.330 e. The Balaban J connectivity index is 4.62. The summed E-state index contributed by atoms with van der Waals surface area (Å²) in [6.07, 6.45) is 9.48.